The van der Waals surface area contributed by atoms with Crippen LogP contribution in [0.1, 0.15) is 43.6 Å². The highest BCUT2D eigenvalue weighted by molar-refractivity contribution is 5.82. The van der Waals surface area contributed by atoms with Crippen molar-refractivity contribution in [1.82, 2.24) is 15.4 Å². The van der Waals surface area contributed by atoms with Crippen LogP contribution in [0.4, 0.5) is 11.5 Å². The first-order valence-corrected chi connectivity index (χ1v) is 10.5. The molecule has 3 N–H and O–H groups in total. The lowest BCUT2D eigenvalue weighted by atomic mass is 9.84. The minimum Gasteiger partial charge on any atom is -0.504 e. The Kier molecular flexibility index (Phi) is 6.14. The van der Waals surface area contributed by atoms with Crippen LogP contribution in [0.5, 0.6) is 5.75 Å². The van der Waals surface area contributed by atoms with Gasteiger partial charge in [-0.1, -0.05) is 31.4 Å². The van der Waals surface area contributed by atoms with E-state index in [0.717, 1.165) is 5.69 Å². The van der Waals surface area contributed by atoms with Crippen LogP contribution in [-0.2, 0) is 0 Å². The number of aliphatic imine (C=N–C) groups is 1. The lowest BCUT2D eigenvalue weighted by Gasteiger charge is -2.36. The molecule has 2 aromatic rings. The van der Waals surface area contributed by atoms with Crippen molar-refractivity contribution in [2.24, 2.45) is 4.99 Å². The van der Waals surface area contributed by atoms with Crippen molar-refractivity contribution in [3.05, 3.63) is 48.2 Å². The summed E-state index contributed by atoms with van der Waals surface area (Å²) in [4.78, 5) is 12.9. The normalized spacial score (nSPS) is 18.7. The second kappa shape index (κ2) is 9.13. The Morgan fingerprint density at radius 3 is 2.38 bits per heavy atom. The largest absolute Gasteiger partial charge is 0.504 e. The summed E-state index contributed by atoms with van der Waals surface area (Å²) in [5.74, 6) is 1.91. The van der Waals surface area contributed by atoms with Crippen molar-refractivity contribution in [3.63, 3.8) is 0 Å². The maximum absolute atomic E-state index is 10.0. The molecule has 1 saturated heterocycles. The third-order valence-corrected chi connectivity index (χ3v) is 5.95. The zero-order valence-electron chi connectivity index (χ0n) is 16.7. The monoisotopic (exact) mass is 395 g/mol. The van der Waals surface area contributed by atoms with Gasteiger partial charge in [0, 0.05) is 32.4 Å². The third-order valence-electron chi connectivity index (χ3n) is 5.95. The van der Waals surface area contributed by atoms with Gasteiger partial charge in [-0.15, -0.1) is 0 Å². The molecule has 7 nitrogen and oxygen atoms in total. The first kappa shape index (κ1) is 19.5. The predicted octanol–water partition coefficient (Wildman–Crippen LogP) is 3.62. The Balaban J connectivity index is 1.40. The molecule has 2 heterocycles. The average molecular weight is 396 g/mol. The van der Waals surface area contributed by atoms with Crippen molar-refractivity contribution in [2.75, 3.05) is 31.1 Å². The third kappa shape index (κ3) is 4.62. The molecule has 4 rings (SSSR count). The van der Waals surface area contributed by atoms with Gasteiger partial charge in [0.25, 0.3) is 0 Å². The van der Waals surface area contributed by atoms with Crippen LogP contribution in [0, 0.1) is 0 Å². The van der Waals surface area contributed by atoms with E-state index in [9.17, 15) is 10.3 Å². The Labute approximate surface area is 171 Å². The highest BCUT2D eigenvalue weighted by Gasteiger charge is 2.22. The number of hydroxylamine groups is 1. The van der Waals surface area contributed by atoms with Gasteiger partial charge < -0.3 is 14.9 Å². The van der Waals surface area contributed by atoms with Crippen LogP contribution in [0.3, 0.4) is 0 Å². The number of hydrogen-bond donors (Lipinski definition) is 3. The Morgan fingerprint density at radius 2 is 1.72 bits per heavy atom. The number of aromatic hydroxyl groups is 1. The molecule has 1 saturated carbocycles. The number of hydrogen-bond acceptors (Lipinski definition) is 5. The second-order valence-corrected chi connectivity index (χ2v) is 7.79. The number of rotatable bonds is 3. The number of piperazine rings is 1. The molecule has 0 radical (unpaired) electrons. The van der Waals surface area contributed by atoms with E-state index in [0.29, 0.717) is 43.9 Å². The zero-order chi connectivity index (χ0) is 20.1. The second-order valence-electron chi connectivity index (χ2n) is 7.79. The Morgan fingerprint density at radius 1 is 1.00 bits per heavy atom. The molecule has 1 aromatic carbocycles. The molecule has 0 atom stereocenters. The average Bonchev–Trinajstić information content (AvgIpc) is 2.79. The van der Waals surface area contributed by atoms with E-state index in [1.54, 1.807) is 18.3 Å². The van der Waals surface area contributed by atoms with Crippen molar-refractivity contribution in [2.45, 2.75) is 38.0 Å². The first-order chi connectivity index (χ1) is 14.2. The lowest BCUT2D eigenvalue weighted by Crippen LogP contribution is -2.52. The van der Waals surface area contributed by atoms with Gasteiger partial charge >= 0.3 is 0 Å². The van der Waals surface area contributed by atoms with Crippen LogP contribution in [-0.4, -0.2) is 52.3 Å². The Bertz CT molecular complexity index is 825. The SMILES string of the molecule is ONC(=Nc1ccc(C2CCCCC2)cc1)N1CCN(c2ncccc2O)CC1. The lowest BCUT2D eigenvalue weighted by molar-refractivity contribution is 0.207. The molecule has 1 aromatic heterocycles. The van der Waals surface area contributed by atoms with Gasteiger partial charge in [-0.3, -0.25) is 5.21 Å². The fourth-order valence-electron chi connectivity index (χ4n) is 4.31. The molecule has 2 fully saturated rings. The molecule has 0 amide bonds. The molecule has 1 aliphatic heterocycles. The number of nitrogens with zero attached hydrogens (tertiary/aromatic N) is 4. The molecule has 29 heavy (non-hydrogen) atoms. The van der Waals surface area contributed by atoms with E-state index < -0.39 is 0 Å². The standard InChI is InChI=1S/C22H29N5O2/c28-20-7-4-12-23-21(20)26-13-15-27(16-14-26)22(25-29)24-19-10-8-18(9-11-19)17-5-2-1-3-6-17/h4,7-12,17,28-29H,1-3,5-6,13-16H2,(H,24,25). The quantitative estimate of drug-likeness (QED) is 0.418. The number of benzene rings is 1. The molecule has 7 heteroatoms. The smallest absolute Gasteiger partial charge is 0.223 e. The van der Waals surface area contributed by atoms with Crippen LogP contribution < -0.4 is 10.4 Å². The number of pyridine rings is 1. The van der Waals surface area contributed by atoms with Crippen LogP contribution in [0.2, 0.25) is 0 Å². The van der Waals surface area contributed by atoms with Gasteiger partial charge in [0.05, 0.1) is 5.69 Å². The number of nitrogens with one attached hydrogen (secondary N) is 1. The van der Waals surface area contributed by atoms with Gasteiger partial charge in [-0.05, 0) is 48.6 Å². The summed E-state index contributed by atoms with van der Waals surface area (Å²) < 4.78 is 0. The zero-order valence-corrected chi connectivity index (χ0v) is 16.7. The number of guanidine groups is 1. The minimum absolute atomic E-state index is 0.188. The molecule has 0 bridgehead atoms. The molecule has 2 aliphatic rings. The van der Waals surface area contributed by atoms with Crippen molar-refractivity contribution in [1.29, 1.82) is 0 Å². The molecule has 1 aliphatic carbocycles. The summed E-state index contributed by atoms with van der Waals surface area (Å²) in [5.41, 5.74) is 4.48. The molecular formula is C22H29N5O2. The maximum Gasteiger partial charge on any atom is 0.223 e. The van der Waals surface area contributed by atoms with Crippen LogP contribution in [0.25, 0.3) is 0 Å². The van der Waals surface area contributed by atoms with E-state index in [-0.39, 0.29) is 5.75 Å². The summed E-state index contributed by atoms with van der Waals surface area (Å²) in [6, 6.07) is 11.8. The highest BCUT2D eigenvalue weighted by atomic mass is 16.5. The highest BCUT2D eigenvalue weighted by Crippen LogP contribution is 2.33. The van der Waals surface area contributed by atoms with E-state index in [1.807, 2.05) is 21.9 Å². The van der Waals surface area contributed by atoms with Gasteiger partial charge in [0.2, 0.25) is 5.96 Å². The van der Waals surface area contributed by atoms with Gasteiger partial charge in [0.1, 0.15) is 0 Å². The summed E-state index contributed by atoms with van der Waals surface area (Å²) in [5, 5.41) is 19.6. The van der Waals surface area contributed by atoms with Gasteiger partial charge in [-0.25, -0.2) is 15.5 Å². The van der Waals surface area contributed by atoms with E-state index in [2.05, 4.69) is 27.6 Å². The Hall–Kier alpha value is -2.80. The van der Waals surface area contributed by atoms with E-state index in [1.165, 1.54) is 37.7 Å². The summed E-state index contributed by atoms with van der Waals surface area (Å²) in [6.45, 7) is 2.71. The van der Waals surface area contributed by atoms with Crippen molar-refractivity contribution in [3.8, 4) is 5.75 Å². The van der Waals surface area contributed by atoms with E-state index in [4.69, 9.17) is 0 Å². The van der Waals surface area contributed by atoms with Crippen molar-refractivity contribution < 1.29 is 10.3 Å². The molecular weight excluding hydrogens is 366 g/mol. The van der Waals surface area contributed by atoms with Crippen LogP contribution in [0.15, 0.2) is 47.6 Å². The molecule has 0 unspecified atom stereocenters. The molecule has 154 valence electrons. The first-order valence-electron chi connectivity index (χ1n) is 10.5. The van der Waals surface area contributed by atoms with Crippen molar-refractivity contribution >= 4 is 17.5 Å². The van der Waals surface area contributed by atoms with Gasteiger partial charge in [-0.2, -0.15) is 0 Å². The number of aromatic nitrogens is 1. The fourth-order valence-corrected chi connectivity index (χ4v) is 4.31. The summed E-state index contributed by atoms with van der Waals surface area (Å²) in [7, 11) is 0. The summed E-state index contributed by atoms with van der Waals surface area (Å²) >= 11 is 0. The van der Waals surface area contributed by atoms with E-state index >= 15 is 0 Å². The minimum atomic E-state index is 0.188. The van der Waals surface area contributed by atoms with Gasteiger partial charge in [0.15, 0.2) is 11.6 Å². The topological polar surface area (TPSA) is 84.2 Å². The summed E-state index contributed by atoms with van der Waals surface area (Å²) in [6.07, 6.45) is 8.25. The predicted molar refractivity (Wildman–Crippen MR) is 114 cm³/mol. The van der Waals surface area contributed by atoms with Crippen LogP contribution >= 0.6 is 0 Å². The fraction of sp³-hybridized carbons (Fsp3) is 0.455. The number of anilines is 1. The maximum atomic E-state index is 10.0. The molecule has 0 spiro atoms.